The third-order valence-corrected chi connectivity index (χ3v) is 3.43. The first-order valence-electron chi connectivity index (χ1n) is 8.37. The number of aromatic nitrogens is 2. The number of aldehydes is 2. The number of aromatic amines is 1. The quantitative estimate of drug-likeness (QED) is 0.474. The summed E-state index contributed by atoms with van der Waals surface area (Å²) in [5.41, 5.74) is 1.13. The van der Waals surface area contributed by atoms with Gasteiger partial charge in [0.15, 0.2) is 12.1 Å². The third-order valence-electron chi connectivity index (χ3n) is 3.43. The van der Waals surface area contributed by atoms with E-state index in [4.69, 9.17) is 19.4 Å². The molecular formula is C18H35N3O7. The summed E-state index contributed by atoms with van der Waals surface area (Å²) in [6.07, 6.45) is 3.09. The van der Waals surface area contributed by atoms with Crippen molar-refractivity contribution in [1.29, 1.82) is 0 Å². The zero-order valence-electron chi connectivity index (χ0n) is 17.4. The van der Waals surface area contributed by atoms with E-state index in [-0.39, 0.29) is 35.3 Å². The molecule has 0 radical (unpaired) electrons. The summed E-state index contributed by atoms with van der Waals surface area (Å²) in [6, 6.07) is 0. The van der Waals surface area contributed by atoms with Gasteiger partial charge in [0.05, 0.1) is 37.3 Å². The van der Waals surface area contributed by atoms with Gasteiger partial charge in [-0.2, -0.15) is 0 Å². The molecule has 1 aromatic rings. The Morgan fingerprint density at radius 2 is 1.68 bits per heavy atom. The molecule has 28 heavy (non-hydrogen) atoms. The molecule has 3 heterocycles. The van der Waals surface area contributed by atoms with Crippen molar-refractivity contribution in [1.82, 2.24) is 16.1 Å². The van der Waals surface area contributed by atoms with Crippen molar-refractivity contribution < 1.29 is 34.4 Å². The van der Waals surface area contributed by atoms with E-state index in [0.717, 1.165) is 31.0 Å². The molecular weight excluding hydrogens is 370 g/mol. The van der Waals surface area contributed by atoms with Crippen LogP contribution in [0.1, 0.15) is 39.2 Å². The van der Waals surface area contributed by atoms with E-state index in [0.29, 0.717) is 13.2 Å². The van der Waals surface area contributed by atoms with Crippen LogP contribution in [0.15, 0.2) is 6.20 Å². The van der Waals surface area contributed by atoms with Crippen LogP contribution in [0.5, 0.6) is 0 Å². The Morgan fingerprint density at radius 1 is 1.25 bits per heavy atom. The molecule has 164 valence electrons. The zero-order valence-corrected chi connectivity index (χ0v) is 17.4. The summed E-state index contributed by atoms with van der Waals surface area (Å²) in [5, 5.41) is 7.57. The van der Waals surface area contributed by atoms with Crippen molar-refractivity contribution in [2.75, 3.05) is 33.0 Å². The number of carbonyl (C=O) groups is 3. The highest BCUT2D eigenvalue weighted by molar-refractivity contribution is 6.23. The smallest absolute Gasteiger partial charge is 0.192 e. The molecule has 2 fully saturated rings. The van der Waals surface area contributed by atoms with Gasteiger partial charge in [0, 0.05) is 25.4 Å². The summed E-state index contributed by atoms with van der Waals surface area (Å²) >= 11 is 0. The van der Waals surface area contributed by atoms with E-state index in [1.807, 2.05) is 20.0 Å². The van der Waals surface area contributed by atoms with E-state index in [2.05, 4.69) is 16.9 Å². The van der Waals surface area contributed by atoms with Crippen molar-refractivity contribution in [3.05, 3.63) is 17.7 Å². The van der Waals surface area contributed by atoms with Crippen molar-refractivity contribution in [2.45, 2.75) is 40.0 Å². The first-order valence-corrected chi connectivity index (χ1v) is 8.37. The highest BCUT2D eigenvalue weighted by atomic mass is 16.5. The van der Waals surface area contributed by atoms with Gasteiger partial charge in [0.25, 0.3) is 0 Å². The van der Waals surface area contributed by atoms with Gasteiger partial charge in [-0.15, -0.1) is 0 Å². The van der Waals surface area contributed by atoms with Crippen LogP contribution in [0.25, 0.3) is 0 Å². The highest BCUT2D eigenvalue weighted by Crippen LogP contribution is 2.28. The molecule has 0 aromatic carbocycles. The van der Waals surface area contributed by atoms with Gasteiger partial charge in [-0.05, 0) is 27.7 Å². The minimum atomic E-state index is -0.426. The SMILES string of the molecule is CC(=O)C=O.CC1(C=O)COC1.CCO.Cc1cnc(C2(C)COC2)[nH]1.N.O. The number of rotatable bonds is 3. The second kappa shape index (κ2) is 15.0. The van der Waals surface area contributed by atoms with Crippen LogP contribution in [-0.2, 0) is 29.3 Å². The first kappa shape index (κ1) is 30.7. The molecule has 2 aliphatic rings. The van der Waals surface area contributed by atoms with Crippen LogP contribution in [0.2, 0.25) is 0 Å². The molecule has 0 spiro atoms. The molecule has 0 bridgehead atoms. The Kier molecular flexibility index (Phi) is 16.5. The largest absolute Gasteiger partial charge is 0.412 e. The van der Waals surface area contributed by atoms with Crippen molar-refractivity contribution in [2.24, 2.45) is 5.41 Å². The van der Waals surface area contributed by atoms with Crippen molar-refractivity contribution >= 4 is 18.4 Å². The molecule has 3 rings (SSSR count). The van der Waals surface area contributed by atoms with Crippen LogP contribution < -0.4 is 6.15 Å². The summed E-state index contributed by atoms with van der Waals surface area (Å²) < 4.78 is 9.94. The van der Waals surface area contributed by atoms with E-state index < -0.39 is 5.78 Å². The standard InChI is InChI=1S/C8H12N2O.C5H8O2.C3H4O2.C2H6O.H3N.H2O/c1-6-3-9-7(10-6)8(2)4-11-5-8;1-5(2-6)3-7-4-5;1-3(5)2-4;1-2-3;;/h3H,4-5H2,1-2H3,(H,9,10);2H,3-4H2,1H3;2H,1H3;3H,2H2,1H3;1H3;1H2. The fourth-order valence-corrected chi connectivity index (χ4v) is 1.76. The monoisotopic (exact) mass is 405 g/mol. The van der Waals surface area contributed by atoms with Gasteiger partial charge in [0.2, 0.25) is 0 Å². The lowest BCUT2D eigenvalue weighted by molar-refractivity contribution is -0.141. The van der Waals surface area contributed by atoms with Crippen molar-refractivity contribution in [3.8, 4) is 0 Å². The van der Waals surface area contributed by atoms with Gasteiger partial charge >= 0.3 is 0 Å². The molecule has 0 atom stereocenters. The highest BCUT2D eigenvalue weighted by Gasteiger charge is 2.37. The minimum Gasteiger partial charge on any atom is -0.412 e. The Balaban J connectivity index is -0.000000323. The number of Topliss-reactive ketones (excluding diaryl/α,β-unsaturated/α-hetero) is 1. The maximum absolute atomic E-state index is 10.0. The number of H-pyrrole nitrogens is 1. The Labute approximate surface area is 165 Å². The fraction of sp³-hybridized carbons (Fsp3) is 0.667. The predicted molar refractivity (Wildman–Crippen MR) is 105 cm³/mol. The molecule has 10 nitrogen and oxygen atoms in total. The number of nitrogens with one attached hydrogen (secondary N) is 1. The average molecular weight is 405 g/mol. The molecule has 2 aliphatic heterocycles. The van der Waals surface area contributed by atoms with Crippen LogP contribution >= 0.6 is 0 Å². The second-order valence-corrected chi connectivity index (χ2v) is 6.78. The predicted octanol–water partition coefficient (Wildman–Crippen LogP) is 0.338. The van der Waals surface area contributed by atoms with Gasteiger partial charge in [-0.1, -0.05) is 0 Å². The Morgan fingerprint density at radius 3 is 1.82 bits per heavy atom. The number of hydrogen-bond acceptors (Lipinski definition) is 8. The third kappa shape index (κ3) is 11.0. The van der Waals surface area contributed by atoms with Gasteiger partial charge in [-0.3, -0.25) is 9.59 Å². The number of nitrogens with zero attached hydrogens (tertiary/aromatic N) is 1. The second-order valence-electron chi connectivity index (χ2n) is 6.78. The molecule has 0 unspecified atom stereocenters. The maximum Gasteiger partial charge on any atom is 0.192 e. The van der Waals surface area contributed by atoms with Gasteiger partial charge < -0.3 is 36.0 Å². The van der Waals surface area contributed by atoms with Gasteiger partial charge in [-0.25, -0.2) is 4.98 Å². The minimum absolute atomic E-state index is 0. The van der Waals surface area contributed by atoms with E-state index in [9.17, 15) is 9.59 Å². The number of aliphatic hydroxyl groups excluding tert-OH is 1. The Bertz CT molecular complexity index is 567. The molecule has 0 amide bonds. The summed E-state index contributed by atoms with van der Waals surface area (Å²) in [4.78, 5) is 36.1. The molecule has 1 aromatic heterocycles. The summed E-state index contributed by atoms with van der Waals surface area (Å²) in [6.45, 7) is 12.0. The number of imidazole rings is 1. The lowest BCUT2D eigenvalue weighted by Crippen LogP contribution is -2.44. The normalized spacial score (nSPS) is 16.6. The number of ketones is 1. The van der Waals surface area contributed by atoms with Crippen LogP contribution in [-0.4, -0.2) is 71.9 Å². The van der Waals surface area contributed by atoms with E-state index in [1.54, 1.807) is 6.92 Å². The molecule has 0 saturated carbocycles. The first-order chi connectivity index (χ1) is 12.2. The molecule has 10 heteroatoms. The molecule has 2 saturated heterocycles. The van der Waals surface area contributed by atoms with Crippen molar-refractivity contribution in [3.63, 3.8) is 0 Å². The van der Waals surface area contributed by atoms with E-state index >= 15 is 0 Å². The van der Waals surface area contributed by atoms with Crippen LogP contribution in [0.4, 0.5) is 0 Å². The maximum atomic E-state index is 10.0. The van der Waals surface area contributed by atoms with E-state index in [1.165, 1.54) is 6.92 Å². The summed E-state index contributed by atoms with van der Waals surface area (Å²) in [5.74, 6) is 0.631. The molecule has 7 N–H and O–H groups in total. The lowest BCUT2D eigenvalue weighted by atomic mass is 9.88. The van der Waals surface area contributed by atoms with Crippen LogP contribution in [0, 0.1) is 12.3 Å². The fourth-order valence-electron chi connectivity index (χ4n) is 1.76. The molecule has 0 aliphatic carbocycles. The topological polar surface area (TPSA) is 185 Å². The number of ether oxygens (including phenoxy) is 2. The number of carbonyl (C=O) groups excluding carboxylic acids is 3. The summed E-state index contributed by atoms with van der Waals surface area (Å²) in [7, 11) is 0. The average Bonchev–Trinajstić information content (AvgIpc) is 2.99. The lowest BCUT2D eigenvalue weighted by Gasteiger charge is -2.35. The number of hydrogen-bond donors (Lipinski definition) is 3. The number of aliphatic hydroxyl groups is 1. The van der Waals surface area contributed by atoms with Gasteiger partial charge in [0.1, 0.15) is 12.1 Å². The Hall–Kier alpha value is -1.98. The van der Waals surface area contributed by atoms with Crippen LogP contribution in [0.3, 0.4) is 0 Å². The zero-order chi connectivity index (χ0) is 20.2. The number of aryl methyl sites for hydroxylation is 1.